The molecule has 2 aromatic carbocycles. The summed E-state index contributed by atoms with van der Waals surface area (Å²) in [5.74, 6) is 0.326. The number of nitrogens with two attached hydrogens (primary N) is 1. The maximum Gasteiger partial charge on any atom is 0.249 e. The maximum absolute atomic E-state index is 12.0. The first-order valence-electron chi connectivity index (χ1n) is 7.43. The van der Waals surface area contributed by atoms with Gasteiger partial charge >= 0.3 is 0 Å². The minimum absolute atomic E-state index is 0.314. The standard InChI is InChI=1S/C19H20N2O3/c1-19(2,11-20)14-8-6-5-7-12(14)16-13(18(21)22)9-10-15(23-3)17(16)24-4/h5-10H,1-4H3,(H2,21,22). The first kappa shape index (κ1) is 17.4. The monoisotopic (exact) mass is 324 g/mol. The van der Waals surface area contributed by atoms with Crippen LogP contribution in [0.15, 0.2) is 36.4 Å². The molecule has 1 amide bonds. The van der Waals surface area contributed by atoms with Crippen LogP contribution in [0.5, 0.6) is 11.5 Å². The van der Waals surface area contributed by atoms with Crippen LogP contribution in [0.1, 0.15) is 29.8 Å². The molecule has 0 saturated carbocycles. The van der Waals surface area contributed by atoms with E-state index in [9.17, 15) is 10.1 Å². The Hall–Kier alpha value is -3.00. The average molecular weight is 324 g/mol. The zero-order valence-electron chi connectivity index (χ0n) is 14.2. The van der Waals surface area contributed by atoms with Crippen molar-refractivity contribution < 1.29 is 14.3 Å². The Morgan fingerprint density at radius 2 is 1.79 bits per heavy atom. The van der Waals surface area contributed by atoms with Gasteiger partial charge in [-0.1, -0.05) is 24.3 Å². The molecule has 0 aromatic heterocycles. The third-order valence-corrected chi connectivity index (χ3v) is 3.96. The molecule has 124 valence electrons. The van der Waals surface area contributed by atoms with E-state index in [0.717, 1.165) is 5.56 Å². The molecule has 0 aliphatic carbocycles. The molecule has 0 aliphatic heterocycles. The van der Waals surface area contributed by atoms with E-state index >= 15 is 0 Å². The van der Waals surface area contributed by atoms with Crippen LogP contribution in [0, 0.1) is 11.3 Å². The fourth-order valence-electron chi connectivity index (χ4n) is 2.71. The molecular formula is C19H20N2O3. The number of hydrogen-bond donors (Lipinski definition) is 1. The summed E-state index contributed by atoms with van der Waals surface area (Å²) >= 11 is 0. The lowest BCUT2D eigenvalue weighted by Gasteiger charge is -2.23. The van der Waals surface area contributed by atoms with Crippen molar-refractivity contribution in [3.63, 3.8) is 0 Å². The summed E-state index contributed by atoms with van der Waals surface area (Å²) in [6, 6.07) is 12.9. The summed E-state index contributed by atoms with van der Waals surface area (Å²) in [4.78, 5) is 12.0. The molecule has 0 bridgehead atoms. The van der Waals surface area contributed by atoms with Crippen LogP contribution in [0.4, 0.5) is 0 Å². The quantitative estimate of drug-likeness (QED) is 0.914. The van der Waals surface area contributed by atoms with Gasteiger partial charge in [0, 0.05) is 5.56 Å². The lowest BCUT2D eigenvalue weighted by molar-refractivity contribution is 0.100. The van der Waals surface area contributed by atoms with Gasteiger partial charge in [-0.05, 0) is 37.1 Å². The number of methoxy groups -OCH3 is 2. The van der Waals surface area contributed by atoms with Crippen molar-refractivity contribution in [2.45, 2.75) is 19.3 Å². The molecular weight excluding hydrogens is 304 g/mol. The molecule has 0 saturated heterocycles. The van der Waals surface area contributed by atoms with Crippen molar-refractivity contribution in [2.24, 2.45) is 5.73 Å². The van der Waals surface area contributed by atoms with Crippen molar-refractivity contribution >= 4 is 5.91 Å². The highest BCUT2D eigenvalue weighted by Gasteiger charge is 2.28. The molecule has 0 atom stereocenters. The van der Waals surface area contributed by atoms with Crippen molar-refractivity contribution in [3.05, 3.63) is 47.5 Å². The Bertz CT molecular complexity index is 820. The predicted molar refractivity (Wildman–Crippen MR) is 92.1 cm³/mol. The average Bonchev–Trinajstić information content (AvgIpc) is 2.60. The summed E-state index contributed by atoms with van der Waals surface area (Å²) in [6.07, 6.45) is 0. The first-order chi connectivity index (χ1) is 11.4. The number of rotatable bonds is 5. The van der Waals surface area contributed by atoms with Crippen LogP contribution in [-0.4, -0.2) is 20.1 Å². The highest BCUT2D eigenvalue weighted by Crippen LogP contribution is 2.44. The van der Waals surface area contributed by atoms with Gasteiger partial charge in [-0.3, -0.25) is 4.79 Å². The van der Waals surface area contributed by atoms with Gasteiger partial charge in [-0.25, -0.2) is 0 Å². The minimum Gasteiger partial charge on any atom is -0.493 e. The van der Waals surface area contributed by atoms with E-state index in [1.807, 2.05) is 38.1 Å². The maximum atomic E-state index is 12.0. The van der Waals surface area contributed by atoms with Gasteiger partial charge in [0.25, 0.3) is 0 Å². The Balaban J connectivity index is 2.92. The van der Waals surface area contributed by atoms with Gasteiger partial charge in [0.15, 0.2) is 11.5 Å². The van der Waals surface area contributed by atoms with Crippen molar-refractivity contribution in [1.29, 1.82) is 5.26 Å². The Kier molecular flexibility index (Phi) is 4.79. The third kappa shape index (κ3) is 2.91. The molecule has 0 radical (unpaired) electrons. The van der Waals surface area contributed by atoms with Crippen LogP contribution in [0.25, 0.3) is 11.1 Å². The van der Waals surface area contributed by atoms with Crippen LogP contribution in [0.3, 0.4) is 0 Å². The summed E-state index contributed by atoms with van der Waals surface area (Å²) < 4.78 is 10.8. The van der Waals surface area contributed by atoms with Crippen LogP contribution >= 0.6 is 0 Å². The summed E-state index contributed by atoms with van der Waals surface area (Å²) in [7, 11) is 3.03. The number of amides is 1. The van der Waals surface area contributed by atoms with E-state index in [4.69, 9.17) is 15.2 Å². The molecule has 2 rings (SSSR count). The van der Waals surface area contributed by atoms with Crippen molar-refractivity contribution in [1.82, 2.24) is 0 Å². The molecule has 0 heterocycles. The Morgan fingerprint density at radius 1 is 1.12 bits per heavy atom. The number of hydrogen-bond acceptors (Lipinski definition) is 4. The minimum atomic E-state index is -0.750. The molecule has 0 aliphatic rings. The van der Waals surface area contributed by atoms with Gasteiger partial charge in [0.2, 0.25) is 5.91 Å². The Labute approximate surface area is 141 Å². The van der Waals surface area contributed by atoms with Gasteiger partial charge in [-0.2, -0.15) is 5.26 Å². The predicted octanol–water partition coefficient (Wildman–Crippen LogP) is 3.27. The second-order valence-corrected chi connectivity index (χ2v) is 5.87. The summed E-state index contributed by atoms with van der Waals surface area (Å²) in [5, 5.41) is 9.53. The van der Waals surface area contributed by atoms with E-state index in [2.05, 4.69) is 6.07 Å². The van der Waals surface area contributed by atoms with E-state index in [0.29, 0.717) is 28.2 Å². The number of primary amides is 1. The number of nitrogens with zero attached hydrogens (tertiary/aromatic N) is 1. The largest absolute Gasteiger partial charge is 0.493 e. The number of ether oxygens (including phenoxy) is 2. The zero-order chi connectivity index (χ0) is 17.9. The third-order valence-electron chi connectivity index (χ3n) is 3.96. The van der Waals surface area contributed by atoms with E-state index in [1.165, 1.54) is 14.2 Å². The second-order valence-electron chi connectivity index (χ2n) is 5.87. The van der Waals surface area contributed by atoms with Gasteiger partial charge in [0.05, 0.1) is 31.3 Å². The molecule has 0 unspecified atom stereocenters. The second kappa shape index (κ2) is 6.63. The van der Waals surface area contributed by atoms with E-state index in [-0.39, 0.29) is 0 Å². The highest BCUT2D eigenvalue weighted by molar-refractivity contribution is 6.02. The molecule has 0 fully saturated rings. The molecule has 5 heteroatoms. The lowest BCUT2D eigenvalue weighted by atomic mass is 9.80. The molecule has 2 aromatic rings. The van der Waals surface area contributed by atoms with Gasteiger partial charge in [0.1, 0.15) is 0 Å². The highest BCUT2D eigenvalue weighted by atomic mass is 16.5. The van der Waals surface area contributed by atoms with Crippen molar-refractivity contribution in [2.75, 3.05) is 14.2 Å². The fraction of sp³-hybridized carbons (Fsp3) is 0.263. The van der Waals surface area contributed by atoms with E-state index in [1.54, 1.807) is 12.1 Å². The number of benzene rings is 2. The molecule has 24 heavy (non-hydrogen) atoms. The molecule has 5 nitrogen and oxygen atoms in total. The van der Waals surface area contributed by atoms with Crippen LogP contribution in [-0.2, 0) is 5.41 Å². The summed E-state index contributed by atoms with van der Waals surface area (Å²) in [5.41, 5.74) is 7.15. The fourth-order valence-corrected chi connectivity index (χ4v) is 2.71. The number of carbonyl (C=O) groups is 1. The van der Waals surface area contributed by atoms with Gasteiger partial charge in [-0.15, -0.1) is 0 Å². The first-order valence-corrected chi connectivity index (χ1v) is 7.43. The molecule has 0 spiro atoms. The summed E-state index contributed by atoms with van der Waals surface area (Å²) in [6.45, 7) is 3.64. The number of nitriles is 1. The normalized spacial score (nSPS) is 10.8. The van der Waals surface area contributed by atoms with Crippen molar-refractivity contribution in [3.8, 4) is 28.7 Å². The SMILES string of the molecule is COc1ccc(C(N)=O)c(-c2ccccc2C(C)(C)C#N)c1OC. The Morgan fingerprint density at radius 3 is 2.33 bits per heavy atom. The van der Waals surface area contributed by atoms with E-state index < -0.39 is 11.3 Å². The molecule has 2 N–H and O–H groups in total. The number of carbonyl (C=O) groups excluding carboxylic acids is 1. The smallest absolute Gasteiger partial charge is 0.249 e. The van der Waals surface area contributed by atoms with Crippen LogP contribution in [0.2, 0.25) is 0 Å². The van der Waals surface area contributed by atoms with Crippen LogP contribution < -0.4 is 15.2 Å². The topological polar surface area (TPSA) is 85.3 Å². The zero-order valence-corrected chi connectivity index (χ0v) is 14.2. The van der Waals surface area contributed by atoms with Gasteiger partial charge < -0.3 is 15.2 Å². The lowest BCUT2D eigenvalue weighted by Crippen LogP contribution is -2.18.